The van der Waals surface area contributed by atoms with E-state index in [1.54, 1.807) is 61.7 Å². The van der Waals surface area contributed by atoms with Crippen molar-refractivity contribution in [3.05, 3.63) is 149 Å². The van der Waals surface area contributed by atoms with Gasteiger partial charge >= 0.3 is 11.4 Å². The first kappa shape index (κ1) is 40.3. The number of aromatic nitrogens is 5. The van der Waals surface area contributed by atoms with E-state index in [9.17, 15) is 28.7 Å². The lowest BCUT2D eigenvalue weighted by atomic mass is 9.53. The van der Waals surface area contributed by atoms with Crippen LogP contribution in [0.3, 0.4) is 0 Å². The van der Waals surface area contributed by atoms with Crippen LogP contribution in [-0.4, -0.2) is 66.7 Å². The number of anilines is 1. The summed E-state index contributed by atoms with van der Waals surface area (Å²) < 4.78 is 35.2. The van der Waals surface area contributed by atoms with Crippen LogP contribution in [0.1, 0.15) is 35.2 Å². The lowest BCUT2D eigenvalue weighted by Gasteiger charge is -2.49. The van der Waals surface area contributed by atoms with Gasteiger partial charge < -0.3 is 23.9 Å². The Balaban J connectivity index is 1.17. The van der Waals surface area contributed by atoms with E-state index < -0.39 is 57.9 Å². The Hall–Kier alpha value is -7.14. The van der Waals surface area contributed by atoms with Crippen molar-refractivity contribution in [2.45, 2.75) is 43.3 Å². The van der Waals surface area contributed by atoms with Crippen molar-refractivity contribution < 1.29 is 33.3 Å². The predicted molar refractivity (Wildman–Crippen MR) is 224 cm³/mol. The molecule has 2 amide bonds. The Kier molecular flexibility index (Phi) is 9.80. The van der Waals surface area contributed by atoms with Crippen LogP contribution in [0, 0.1) is 11.7 Å². The molecule has 2 fully saturated rings. The van der Waals surface area contributed by atoms with Crippen molar-refractivity contribution in [2.24, 2.45) is 13.0 Å². The number of methoxy groups -OCH3 is 3. The van der Waals surface area contributed by atoms with E-state index >= 15 is 4.79 Å². The molecule has 2 N–H and O–H groups in total. The van der Waals surface area contributed by atoms with Crippen molar-refractivity contribution in [3.63, 3.8) is 0 Å². The van der Waals surface area contributed by atoms with Crippen LogP contribution in [0.25, 0.3) is 11.0 Å². The highest BCUT2D eigenvalue weighted by Crippen LogP contribution is 2.62. The summed E-state index contributed by atoms with van der Waals surface area (Å²) >= 11 is 6.38. The summed E-state index contributed by atoms with van der Waals surface area (Å²) in [7, 11) is 5.95. The molecule has 0 radical (unpaired) electrons. The molecule has 1 saturated carbocycles. The molecule has 6 aromatic rings. The Labute approximate surface area is 356 Å². The van der Waals surface area contributed by atoms with Gasteiger partial charge in [-0.3, -0.25) is 19.8 Å². The van der Waals surface area contributed by atoms with Crippen molar-refractivity contribution in [1.29, 1.82) is 0 Å². The van der Waals surface area contributed by atoms with Crippen LogP contribution >= 0.6 is 11.6 Å². The fourth-order valence-electron chi connectivity index (χ4n) is 9.51. The molecule has 318 valence electrons. The fraction of sp³-hybridized carbons (Fsp3) is 0.273. The molecule has 16 nitrogen and oxygen atoms in total. The van der Waals surface area contributed by atoms with E-state index in [0.29, 0.717) is 44.3 Å². The number of carbonyl (C=O) groups is 2. The number of phenolic OH excluding ortho intramolecular Hbond substituents is 1. The second kappa shape index (κ2) is 15.1. The van der Waals surface area contributed by atoms with Gasteiger partial charge in [-0.25, -0.2) is 32.9 Å². The van der Waals surface area contributed by atoms with Crippen molar-refractivity contribution in [2.75, 3.05) is 26.8 Å². The van der Waals surface area contributed by atoms with Crippen LogP contribution in [-0.2, 0) is 41.6 Å². The Morgan fingerprint density at radius 3 is 2.26 bits per heavy atom. The first-order chi connectivity index (χ1) is 29.8. The highest BCUT2D eigenvalue weighted by molar-refractivity contribution is 6.30. The number of ether oxygens (including phenoxy) is 3. The third-order valence-electron chi connectivity index (χ3n) is 12.4. The van der Waals surface area contributed by atoms with Gasteiger partial charge in [-0.15, -0.1) is 0 Å². The van der Waals surface area contributed by atoms with E-state index in [1.807, 2.05) is 0 Å². The number of hydrazine groups is 1. The molecule has 2 aliphatic heterocycles. The zero-order chi connectivity index (χ0) is 43.8. The van der Waals surface area contributed by atoms with Crippen molar-refractivity contribution in [1.82, 2.24) is 28.5 Å². The molecule has 0 unspecified atom stereocenters. The molecule has 62 heavy (non-hydrogen) atoms. The lowest BCUT2D eigenvalue weighted by Crippen LogP contribution is -2.53. The summed E-state index contributed by atoms with van der Waals surface area (Å²) in [5, 5.41) is 12.5. The summed E-state index contributed by atoms with van der Waals surface area (Å²) in [4.78, 5) is 77.2. The number of rotatable bonds is 10. The molecular weight excluding hydrogens is 825 g/mol. The molecule has 1 aliphatic carbocycles. The lowest BCUT2D eigenvalue weighted by molar-refractivity contribution is -0.138. The van der Waals surface area contributed by atoms with Gasteiger partial charge in [0.1, 0.15) is 11.5 Å². The molecular formula is C44H39ClFN7O9. The first-order valence-corrected chi connectivity index (χ1v) is 20.0. The normalized spacial score (nSPS) is 20.4. The standard InChI is InChI=1S/C44H39ClFN7O9/c1-49-33-22-37(62-4)36(61-3)21-31(33)47-30(40(49)56)16-17-50-42(58)51-18-15-28-32(53(51)43(50)59)20-29-39(55)52(48-27-12-10-26(46)11-13-27)41(57)44(29,24-6-8-25(45)9-7-24)38(28)23-5-14-35(60-2)34(54)19-23/h5-15,19,21-22,29,32,38,48,54H,16-18,20H2,1-4H3/t29-,32+,38-,44+/m0/s1. The Morgan fingerprint density at radius 2 is 1.58 bits per heavy atom. The van der Waals surface area contributed by atoms with Gasteiger partial charge in [-0.2, -0.15) is 5.01 Å². The molecule has 0 bridgehead atoms. The monoisotopic (exact) mass is 863 g/mol. The summed E-state index contributed by atoms with van der Waals surface area (Å²) in [5.41, 5.74) is 2.20. The summed E-state index contributed by atoms with van der Waals surface area (Å²) in [6.07, 6.45) is 1.61. The maximum absolute atomic E-state index is 15.3. The molecule has 0 spiro atoms. The van der Waals surface area contributed by atoms with Gasteiger partial charge in [0, 0.05) is 43.1 Å². The average Bonchev–Trinajstić information content (AvgIpc) is 3.64. The number of phenols is 1. The maximum Gasteiger partial charge on any atom is 0.347 e. The molecule has 3 aliphatic rings. The number of aryl methyl sites for hydroxylation is 2. The molecule has 9 rings (SSSR count). The van der Waals surface area contributed by atoms with Crippen LogP contribution in [0.15, 0.2) is 105 Å². The second-order valence-corrected chi connectivity index (χ2v) is 15.8. The molecule has 4 atom stereocenters. The van der Waals surface area contributed by atoms with Crippen LogP contribution in [0.4, 0.5) is 10.1 Å². The van der Waals surface area contributed by atoms with E-state index in [1.165, 1.54) is 65.6 Å². The highest BCUT2D eigenvalue weighted by atomic mass is 35.5. The number of benzene rings is 4. The van der Waals surface area contributed by atoms with E-state index in [2.05, 4.69) is 10.4 Å². The fourth-order valence-corrected chi connectivity index (χ4v) is 9.63. The number of nitrogens with one attached hydrogen (secondary N) is 1. The SMILES string of the molecule is COc1ccc([C@H]2C3=CCn4c(=O)n(CCc5nc6cc(OC)c(OC)cc6n(C)c5=O)c(=O)n4[C@@H]3C[C@H]3C(=O)N(Nc4ccc(F)cc4)C(=O)[C@@]23c2ccc(Cl)cc2)cc1O. The number of halogens is 2. The number of imide groups is 1. The number of hydrogen-bond donors (Lipinski definition) is 2. The van der Waals surface area contributed by atoms with Gasteiger partial charge in [-0.1, -0.05) is 35.9 Å². The minimum Gasteiger partial charge on any atom is -0.504 e. The average molecular weight is 864 g/mol. The Bertz CT molecular complexity index is 3050. The third-order valence-corrected chi connectivity index (χ3v) is 12.6. The number of fused-ring (bicyclic) bond motifs is 5. The van der Waals surface area contributed by atoms with Crippen molar-refractivity contribution in [3.8, 4) is 23.0 Å². The van der Waals surface area contributed by atoms with Gasteiger partial charge in [0.25, 0.3) is 17.4 Å². The summed E-state index contributed by atoms with van der Waals surface area (Å²) in [5.74, 6) is -3.17. The Morgan fingerprint density at radius 1 is 0.887 bits per heavy atom. The predicted octanol–water partition coefficient (Wildman–Crippen LogP) is 4.44. The van der Waals surface area contributed by atoms with E-state index in [4.69, 9.17) is 25.8 Å². The van der Waals surface area contributed by atoms with Crippen molar-refractivity contribution >= 4 is 40.1 Å². The topological polar surface area (TPSA) is 181 Å². The number of carbonyl (C=O) groups excluding carboxylic acids is 2. The number of aromatic hydroxyl groups is 1. The maximum atomic E-state index is 15.3. The second-order valence-electron chi connectivity index (χ2n) is 15.4. The van der Waals surface area contributed by atoms with Gasteiger partial charge in [0.05, 0.1) is 62.0 Å². The largest absolute Gasteiger partial charge is 0.504 e. The van der Waals surface area contributed by atoms with Gasteiger partial charge in [-0.05, 0) is 71.7 Å². The minimum atomic E-state index is -1.68. The molecule has 1 saturated heterocycles. The highest BCUT2D eigenvalue weighted by Gasteiger charge is 2.68. The van der Waals surface area contributed by atoms with E-state index in [0.717, 1.165) is 9.58 Å². The number of amides is 2. The molecule has 2 aromatic heterocycles. The quantitative estimate of drug-likeness (QED) is 0.147. The van der Waals surface area contributed by atoms with Crippen LogP contribution in [0.5, 0.6) is 23.0 Å². The first-order valence-electron chi connectivity index (χ1n) is 19.6. The van der Waals surface area contributed by atoms with E-state index in [-0.39, 0.29) is 48.8 Å². The number of hydrogen-bond acceptors (Lipinski definition) is 11. The van der Waals surface area contributed by atoms with Crippen LogP contribution in [0.2, 0.25) is 5.02 Å². The summed E-state index contributed by atoms with van der Waals surface area (Å²) in [6, 6.07) is 18.8. The van der Waals surface area contributed by atoms with Gasteiger partial charge in [0.15, 0.2) is 23.0 Å². The smallest absolute Gasteiger partial charge is 0.347 e. The number of allylic oxidation sites excluding steroid dienone is 2. The zero-order valence-electron chi connectivity index (χ0n) is 33.8. The van der Waals surface area contributed by atoms with Crippen LogP contribution < -0.4 is 36.6 Å². The minimum absolute atomic E-state index is 0.0753. The number of nitrogens with zero attached hydrogens (tertiary/aromatic N) is 6. The van der Waals surface area contributed by atoms with Gasteiger partial charge in [0.2, 0.25) is 0 Å². The molecule has 18 heteroatoms. The summed E-state index contributed by atoms with van der Waals surface area (Å²) in [6.45, 7) is -0.279. The third kappa shape index (κ3) is 6.01. The zero-order valence-corrected chi connectivity index (χ0v) is 34.6. The molecule has 4 heterocycles. The molecule has 4 aromatic carbocycles.